The molecule has 0 saturated heterocycles. The van der Waals surface area contributed by atoms with E-state index in [1.54, 1.807) is 23.7 Å². The molecule has 10 heteroatoms. The number of rotatable bonds is 8. The number of carbonyl (C=O) groups excluding carboxylic acids is 1. The van der Waals surface area contributed by atoms with E-state index < -0.39 is 5.97 Å². The number of benzene rings is 1. The zero-order chi connectivity index (χ0) is 26.5. The highest BCUT2D eigenvalue weighted by Gasteiger charge is 2.28. The van der Waals surface area contributed by atoms with Crippen molar-refractivity contribution in [3.8, 4) is 17.1 Å². The second-order valence-electron chi connectivity index (χ2n) is 9.59. The van der Waals surface area contributed by atoms with Crippen LogP contribution in [-0.4, -0.2) is 55.1 Å². The SMILES string of the molecule is Cc1nc(-c2nnn(C)c2CNC(=O)N(C)[C@@H](C)c2ccccc2)ccc1O[C@H]1CCC[C@H](C(=O)O)C1. The summed E-state index contributed by atoms with van der Waals surface area (Å²) < 4.78 is 7.76. The molecule has 2 amide bonds. The largest absolute Gasteiger partial charge is 0.489 e. The van der Waals surface area contributed by atoms with Crippen molar-refractivity contribution in [1.82, 2.24) is 30.2 Å². The first kappa shape index (κ1) is 26.1. The quantitative estimate of drug-likeness (QED) is 0.471. The van der Waals surface area contributed by atoms with E-state index in [9.17, 15) is 14.7 Å². The number of amides is 2. The fourth-order valence-electron chi connectivity index (χ4n) is 4.65. The van der Waals surface area contributed by atoms with E-state index in [4.69, 9.17) is 4.74 Å². The number of carboxylic acid groups (broad SMARTS) is 1. The van der Waals surface area contributed by atoms with E-state index in [1.807, 2.05) is 56.3 Å². The molecule has 1 aliphatic carbocycles. The molecule has 0 unspecified atom stereocenters. The molecule has 0 spiro atoms. The normalized spacial score (nSPS) is 18.2. The standard InChI is InChI=1S/C27H34N6O4/c1-17-24(37-21-12-8-11-20(15-21)26(34)35)14-13-22(29-17)25-23(33(4)31-30-25)16-28-27(36)32(3)18(2)19-9-6-5-7-10-19/h5-7,9-10,13-14,18,20-21H,8,11-12,15-16H2,1-4H3,(H,28,36)(H,34,35)/t18-,20-,21-/m0/s1. The van der Waals surface area contributed by atoms with Crippen LogP contribution in [0.15, 0.2) is 42.5 Å². The molecule has 37 heavy (non-hydrogen) atoms. The van der Waals surface area contributed by atoms with Gasteiger partial charge in [0.2, 0.25) is 0 Å². The molecule has 0 bridgehead atoms. The number of nitrogens with one attached hydrogen (secondary N) is 1. The van der Waals surface area contributed by atoms with Gasteiger partial charge in [0.1, 0.15) is 11.4 Å². The van der Waals surface area contributed by atoms with Crippen molar-refractivity contribution in [1.29, 1.82) is 0 Å². The highest BCUT2D eigenvalue weighted by molar-refractivity contribution is 5.74. The molecular formula is C27H34N6O4. The Kier molecular flexibility index (Phi) is 8.05. The zero-order valence-corrected chi connectivity index (χ0v) is 21.7. The lowest BCUT2D eigenvalue weighted by molar-refractivity contribution is -0.143. The highest BCUT2D eigenvalue weighted by Crippen LogP contribution is 2.30. The minimum atomic E-state index is -0.763. The van der Waals surface area contributed by atoms with E-state index in [0.717, 1.165) is 24.1 Å². The number of urea groups is 1. The van der Waals surface area contributed by atoms with Crippen LogP contribution in [0.25, 0.3) is 11.4 Å². The van der Waals surface area contributed by atoms with Crippen molar-refractivity contribution in [3.63, 3.8) is 0 Å². The molecule has 3 aromatic rings. The van der Waals surface area contributed by atoms with Gasteiger partial charge in [-0.15, -0.1) is 5.10 Å². The van der Waals surface area contributed by atoms with Crippen LogP contribution in [0.1, 0.15) is 55.6 Å². The monoisotopic (exact) mass is 506 g/mol. The number of aliphatic carboxylic acids is 1. The molecule has 2 N–H and O–H groups in total. The lowest BCUT2D eigenvalue weighted by atomic mass is 9.87. The highest BCUT2D eigenvalue weighted by atomic mass is 16.5. The van der Waals surface area contributed by atoms with Gasteiger partial charge in [-0.3, -0.25) is 4.79 Å². The maximum absolute atomic E-state index is 12.9. The average molecular weight is 507 g/mol. The van der Waals surface area contributed by atoms with Crippen molar-refractivity contribution in [2.75, 3.05) is 7.05 Å². The van der Waals surface area contributed by atoms with Crippen molar-refractivity contribution < 1.29 is 19.4 Å². The number of ether oxygens (including phenoxy) is 1. The van der Waals surface area contributed by atoms with Crippen molar-refractivity contribution >= 4 is 12.0 Å². The first-order valence-corrected chi connectivity index (χ1v) is 12.6. The Morgan fingerprint density at radius 2 is 1.97 bits per heavy atom. The third kappa shape index (κ3) is 6.07. The van der Waals surface area contributed by atoms with Crippen LogP contribution in [0.4, 0.5) is 4.79 Å². The van der Waals surface area contributed by atoms with Gasteiger partial charge in [0, 0.05) is 14.1 Å². The van der Waals surface area contributed by atoms with Crippen LogP contribution in [0.5, 0.6) is 5.75 Å². The number of nitrogens with zero attached hydrogens (tertiary/aromatic N) is 5. The van der Waals surface area contributed by atoms with E-state index in [2.05, 4.69) is 20.6 Å². The van der Waals surface area contributed by atoms with Gasteiger partial charge >= 0.3 is 12.0 Å². The van der Waals surface area contributed by atoms with Gasteiger partial charge in [0.15, 0.2) is 0 Å². The van der Waals surface area contributed by atoms with Gasteiger partial charge in [-0.25, -0.2) is 14.5 Å². The van der Waals surface area contributed by atoms with Crippen LogP contribution in [0.2, 0.25) is 0 Å². The number of hydrogen-bond acceptors (Lipinski definition) is 6. The van der Waals surface area contributed by atoms with Gasteiger partial charge in [-0.1, -0.05) is 35.5 Å². The van der Waals surface area contributed by atoms with Crippen LogP contribution in [0, 0.1) is 12.8 Å². The molecule has 196 valence electrons. The van der Waals surface area contributed by atoms with Gasteiger partial charge in [-0.05, 0) is 57.2 Å². The summed E-state index contributed by atoms with van der Waals surface area (Å²) >= 11 is 0. The summed E-state index contributed by atoms with van der Waals surface area (Å²) in [5, 5.41) is 20.7. The molecule has 1 aliphatic rings. The molecule has 1 fully saturated rings. The molecule has 1 saturated carbocycles. The summed E-state index contributed by atoms with van der Waals surface area (Å²) in [6.45, 7) is 4.08. The lowest BCUT2D eigenvalue weighted by Gasteiger charge is -2.27. The Morgan fingerprint density at radius 1 is 1.22 bits per heavy atom. The summed E-state index contributed by atoms with van der Waals surface area (Å²) in [4.78, 5) is 30.6. The number of carboxylic acids is 1. The Labute approximate surface area is 216 Å². The van der Waals surface area contributed by atoms with Gasteiger partial charge in [0.25, 0.3) is 0 Å². The summed E-state index contributed by atoms with van der Waals surface area (Å²) in [5.41, 5.74) is 3.68. The average Bonchev–Trinajstić information content (AvgIpc) is 3.28. The Bertz CT molecular complexity index is 1240. The van der Waals surface area contributed by atoms with Gasteiger partial charge < -0.3 is 20.1 Å². The predicted octanol–water partition coefficient (Wildman–Crippen LogP) is 4.11. The van der Waals surface area contributed by atoms with E-state index in [0.29, 0.717) is 35.7 Å². The molecule has 4 rings (SSSR count). The maximum atomic E-state index is 12.9. The number of hydrogen-bond donors (Lipinski definition) is 2. The summed E-state index contributed by atoms with van der Waals surface area (Å²) in [6, 6.07) is 13.2. The predicted molar refractivity (Wildman–Crippen MR) is 138 cm³/mol. The first-order chi connectivity index (χ1) is 17.7. The zero-order valence-electron chi connectivity index (χ0n) is 21.7. The molecule has 0 radical (unpaired) electrons. The van der Waals surface area contributed by atoms with E-state index in [1.165, 1.54) is 0 Å². The summed E-state index contributed by atoms with van der Waals surface area (Å²) in [5.74, 6) is -0.491. The summed E-state index contributed by atoms with van der Waals surface area (Å²) in [6.07, 6.45) is 2.72. The number of aryl methyl sites for hydroxylation is 2. The molecule has 2 heterocycles. The summed E-state index contributed by atoms with van der Waals surface area (Å²) in [7, 11) is 3.55. The Hall–Kier alpha value is -3.95. The van der Waals surface area contributed by atoms with Crippen molar-refractivity contribution in [2.45, 2.75) is 58.2 Å². The number of pyridine rings is 1. The fourth-order valence-corrected chi connectivity index (χ4v) is 4.65. The van der Waals surface area contributed by atoms with Crippen LogP contribution < -0.4 is 10.1 Å². The molecular weight excluding hydrogens is 472 g/mol. The van der Waals surface area contributed by atoms with Crippen LogP contribution in [0.3, 0.4) is 0 Å². The smallest absolute Gasteiger partial charge is 0.317 e. The molecule has 0 aliphatic heterocycles. The second-order valence-corrected chi connectivity index (χ2v) is 9.59. The first-order valence-electron chi connectivity index (χ1n) is 12.6. The van der Waals surface area contributed by atoms with E-state index in [-0.39, 0.29) is 30.6 Å². The minimum absolute atomic E-state index is 0.0860. The molecule has 1 aromatic carbocycles. The van der Waals surface area contributed by atoms with Crippen molar-refractivity contribution in [2.24, 2.45) is 13.0 Å². The van der Waals surface area contributed by atoms with Crippen molar-refractivity contribution in [3.05, 3.63) is 59.4 Å². The van der Waals surface area contributed by atoms with Gasteiger partial charge in [0.05, 0.1) is 41.7 Å². The van der Waals surface area contributed by atoms with Crippen LogP contribution in [-0.2, 0) is 18.4 Å². The molecule has 2 aromatic heterocycles. The minimum Gasteiger partial charge on any atom is -0.489 e. The Balaban J connectivity index is 1.43. The fraction of sp³-hybridized carbons (Fsp3) is 0.444. The third-order valence-corrected chi connectivity index (χ3v) is 7.08. The number of aromatic nitrogens is 4. The maximum Gasteiger partial charge on any atom is 0.317 e. The molecule has 10 nitrogen and oxygen atoms in total. The second kappa shape index (κ2) is 11.4. The number of carbonyl (C=O) groups is 2. The van der Waals surface area contributed by atoms with E-state index >= 15 is 0 Å². The Morgan fingerprint density at radius 3 is 2.68 bits per heavy atom. The topological polar surface area (TPSA) is 122 Å². The third-order valence-electron chi connectivity index (χ3n) is 7.08. The molecule has 3 atom stereocenters. The lowest BCUT2D eigenvalue weighted by Crippen LogP contribution is -2.38. The van der Waals surface area contributed by atoms with Gasteiger partial charge in [-0.2, -0.15) is 0 Å². The van der Waals surface area contributed by atoms with Crippen LogP contribution >= 0.6 is 0 Å².